The number of carbonyl (C=O) groups excluding carboxylic acids is 1. The molecule has 0 N–H and O–H groups in total. The van der Waals surface area contributed by atoms with Gasteiger partial charge in [0.1, 0.15) is 5.82 Å². The highest BCUT2D eigenvalue weighted by Gasteiger charge is 2.28. The number of sulfone groups is 1. The molecule has 1 aliphatic rings. The Kier molecular flexibility index (Phi) is 5.45. The van der Waals surface area contributed by atoms with E-state index in [0.29, 0.717) is 19.4 Å². The first-order chi connectivity index (χ1) is 10.3. The third kappa shape index (κ3) is 4.20. The Balaban J connectivity index is 2.12. The largest absolute Gasteiger partial charge is 0.310 e. The van der Waals surface area contributed by atoms with Gasteiger partial charge < -0.3 is 4.90 Å². The Hall–Kier alpha value is -1.14. The highest BCUT2D eigenvalue weighted by Crippen LogP contribution is 2.26. The summed E-state index contributed by atoms with van der Waals surface area (Å²) in [6, 6.07) is 4.16. The summed E-state index contributed by atoms with van der Waals surface area (Å²) >= 11 is 5.72. The molecule has 1 aromatic rings. The van der Waals surface area contributed by atoms with Gasteiger partial charge in [-0.1, -0.05) is 11.6 Å². The van der Waals surface area contributed by atoms with Gasteiger partial charge in [0.25, 0.3) is 0 Å². The summed E-state index contributed by atoms with van der Waals surface area (Å²) in [6.45, 7) is 2.07. The van der Waals surface area contributed by atoms with Gasteiger partial charge in [0.05, 0.1) is 17.2 Å². The number of carbonyl (C=O) groups is 1. The van der Waals surface area contributed by atoms with Gasteiger partial charge in [-0.25, -0.2) is 12.8 Å². The molecule has 1 heterocycles. The smallest absolute Gasteiger partial charge is 0.227 e. The zero-order valence-corrected chi connectivity index (χ0v) is 14.0. The molecule has 22 heavy (non-hydrogen) atoms. The van der Waals surface area contributed by atoms with Crippen molar-refractivity contribution in [3.8, 4) is 0 Å². The van der Waals surface area contributed by atoms with Gasteiger partial charge in [0, 0.05) is 18.0 Å². The number of amides is 1. The molecule has 1 saturated heterocycles. The summed E-state index contributed by atoms with van der Waals surface area (Å²) in [5.74, 6) is -0.763. The van der Waals surface area contributed by atoms with Crippen LogP contribution in [0.25, 0.3) is 0 Å². The van der Waals surface area contributed by atoms with Crippen molar-refractivity contribution in [1.82, 2.24) is 0 Å². The quantitative estimate of drug-likeness (QED) is 0.841. The molecule has 0 bridgehead atoms. The van der Waals surface area contributed by atoms with E-state index in [9.17, 15) is 17.6 Å². The number of hydrogen-bond donors (Lipinski definition) is 0. The molecule has 1 aliphatic heterocycles. The fraction of sp³-hybridized carbons (Fsp3) is 0.533. The molecule has 1 amide bonds. The van der Waals surface area contributed by atoms with Gasteiger partial charge in [0.15, 0.2) is 9.84 Å². The number of rotatable bonds is 4. The summed E-state index contributed by atoms with van der Waals surface area (Å²) in [6.07, 6.45) is 1.42. The molecule has 122 valence electrons. The molecule has 2 rings (SSSR count). The lowest BCUT2D eigenvalue weighted by Crippen LogP contribution is -2.35. The Morgan fingerprint density at radius 2 is 2.18 bits per heavy atom. The van der Waals surface area contributed by atoms with E-state index in [1.54, 1.807) is 6.92 Å². The summed E-state index contributed by atoms with van der Waals surface area (Å²) in [5.41, 5.74) is 0.176. The Morgan fingerprint density at radius 3 is 2.77 bits per heavy atom. The minimum absolute atomic E-state index is 0.0411. The summed E-state index contributed by atoms with van der Waals surface area (Å²) in [5, 5.41) is 0.267. The third-order valence-electron chi connectivity index (χ3n) is 3.84. The van der Waals surface area contributed by atoms with Crippen LogP contribution in [-0.2, 0) is 14.6 Å². The molecule has 1 aromatic carbocycles. The van der Waals surface area contributed by atoms with E-state index in [1.807, 2.05) is 0 Å². The average Bonchev–Trinajstić information content (AvgIpc) is 2.40. The summed E-state index contributed by atoms with van der Waals surface area (Å²) in [4.78, 5) is 13.8. The lowest BCUT2D eigenvalue weighted by Gasteiger charge is -2.26. The van der Waals surface area contributed by atoms with E-state index >= 15 is 0 Å². The second-order valence-corrected chi connectivity index (χ2v) is 8.23. The first-order valence-corrected chi connectivity index (χ1v) is 9.48. The van der Waals surface area contributed by atoms with Crippen LogP contribution in [0, 0.1) is 11.7 Å². The van der Waals surface area contributed by atoms with Crippen molar-refractivity contribution in [3.63, 3.8) is 0 Å². The fourth-order valence-electron chi connectivity index (χ4n) is 2.82. The monoisotopic (exact) mass is 347 g/mol. The maximum Gasteiger partial charge on any atom is 0.227 e. The van der Waals surface area contributed by atoms with Gasteiger partial charge in [-0.2, -0.15) is 0 Å². The minimum atomic E-state index is -3.05. The Bertz CT molecular complexity index is 663. The van der Waals surface area contributed by atoms with Gasteiger partial charge in [-0.3, -0.25) is 4.79 Å². The number of hydrogen-bond acceptors (Lipinski definition) is 3. The maximum atomic E-state index is 14.0. The third-order valence-corrected chi connectivity index (χ3v) is 5.96. The molecule has 0 saturated carbocycles. The van der Waals surface area contributed by atoms with Gasteiger partial charge in [0.2, 0.25) is 5.91 Å². The zero-order valence-electron chi connectivity index (χ0n) is 12.4. The normalized spacial score (nSPS) is 20.6. The molecule has 0 aliphatic carbocycles. The molecular weight excluding hydrogens is 329 g/mol. The molecule has 0 radical (unpaired) electrons. The SMILES string of the molecule is CCN(C(=O)CC1CCCS(=O)(=O)C1)c1ccc(Cl)cc1F. The van der Waals surface area contributed by atoms with Crippen LogP contribution in [0.3, 0.4) is 0 Å². The van der Waals surface area contributed by atoms with Gasteiger partial charge in [-0.15, -0.1) is 0 Å². The molecule has 1 fully saturated rings. The van der Waals surface area contributed by atoms with Crippen molar-refractivity contribution >= 4 is 33.0 Å². The van der Waals surface area contributed by atoms with Crippen molar-refractivity contribution in [1.29, 1.82) is 0 Å². The second-order valence-electron chi connectivity index (χ2n) is 5.56. The van der Waals surface area contributed by atoms with Crippen LogP contribution in [0.1, 0.15) is 26.2 Å². The second kappa shape index (κ2) is 6.96. The molecular formula is C15H19ClFNO3S. The van der Waals surface area contributed by atoms with Crippen LogP contribution in [-0.4, -0.2) is 32.4 Å². The first-order valence-electron chi connectivity index (χ1n) is 7.28. The standard InChI is InChI=1S/C15H19ClFNO3S/c1-2-18(14-6-5-12(16)9-13(14)17)15(19)8-11-4-3-7-22(20,21)10-11/h5-6,9,11H,2-4,7-8,10H2,1H3. The molecule has 1 unspecified atom stereocenters. The van der Waals surface area contributed by atoms with Crippen LogP contribution < -0.4 is 4.90 Å². The Morgan fingerprint density at radius 1 is 1.45 bits per heavy atom. The summed E-state index contributed by atoms with van der Waals surface area (Å²) < 4.78 is 37.3. The van der Waals surface area contributed by atoms with Crippen molar-refractivity contribution in [2.45, 2.75) is 26.2 Å². The topological polar surface area (TPSA) is 54.5 Å². The lowest BCUT2D eigenvalue weighted by atomic mass is 10.0. The molecule has 4 nitrogen and oxygen atoms in total. The highest BCUT2D eigenvalue weighted by atomic mass is 35.5. The molecule has 0 aromatic heterocycles. The van der Waals surface area contributed by atoms with E-state index in [0.717, 1.165) is 6.07 Å². The van der Waals surface area contributed by atoms with Crippen LogP contribution in [0.4, 0.5) is 10.1 Å². The minimum Gasteiger partial charge on any atom is -0.310 e. The number of benzene rings is 1. The van der Waals surface area contributed by atoms with Crippen molar-refractivity contribution in [2.75, 3.05) is 23.0 Å². The fourth-order valence-corrected chi connectivity index (χ4v) is 4.75. The van der Waals surface area contributed by atoms with Crippen molar-refractivity contribution in [3.05, 3.63) is 29.0 Å². The Labute approximate surface area is 135 Å². The van der Waals surface area contributed by atoms with Crippen molar-refractivity contribution < 1.29 is 17.6 Å². The van der Waals surface area contributed by atoms with Gasteiger partial charge >= 0.3 is 0 Å². The predicted molar refractivity (Wildman–Crippen MR) is 85.4 cm³/mol. The van der Waals surface area contributed by atoms with E-state index in [2.05, 4.69) is 0 Å². The van der Waals surface area contributed by atoms with Crippen LogP contribution in [0.2, 0.25) is 5.02 Å². The number of anilines is 1. The zero-order chi connectivity index (χ0) is 16.3. The number of halogens is 2. The van der Waals surface area contributed by atoms with Gasteiger partial charge in [-0.05, 0) is 43.9 Å². The van der Waals surface area contributed by atoms with Crippen LogP contribution >= 0.6 is 11.6 Å². The summed E-state index contributed by atoms with van der Waals surface area (Å²) in [7, 11) is -3.05. The first kappa shape index (κ1) is 17.2. The highest BCUT2D eigenvalue weighted by molar-refractivity contribution is 7.91. The van der Waals surface area contributed by atoms with E-state index < -0.39 is 15.7 Å². The number of nitrogens with zero attached hydrogens (tertiary/aromatic N) is 1. The molecule has 7 heteroatoms. The average molecular weight is 348 g/mol. The lowest BCUT2D eigenvalue weighted by molar-refractivity contribution is -0.119. The molecule has 1 atom stereocenters. The van der Waals surface area contributed by atoms with Crippen LogP contribution in [0.5, 0.6) is 0 Å². The maximum absolute atomic E-state index is 14.0. The predicted octanol–water partition coefficient (Wildman–Crippen LogP) is 3.05. The van der Waals surface area contributed by atoms with E-state index in [1.165, 1.54) is 17.0 Å². The van der Waals surface area contributed by atoms with Crippen LogP contribution in [0.15, 0.2) is 18.2 Å². The van der Waals surface area contributed by atoms with E-state index in [4.69, 9.17) is 11.6 Å². The molecule has 0 spiro atoms. The van der Waals surface area contributed by atoms with Crippen molar-refractivity contribution in [2.24, 2.45) is 5.92 Å². The van der Waals surface area contributed by atoms with E-state index in [-0.39, 0.29) is 40.5 Å².